The van der Waals surface area contributed by atoms with E-state index in [1.165, 1.54) is 19.3 Å². The van der Waals surface area contributed by atoms with Crippen LogP contribution in [-0.4, -0.2) is 21.5 Å². The first-order chi connectivity index (χ1) is 12.2. The number of hydrogen-bond acceptors (Lipinski definition) is 3. The molecule has 1 heterocycles. The molecule has 1 amide bonds. The number of carbonyl (C=O) groups is 1. The fraction of sp³-hybridized carbons (Fsp3) is 0.500. The van der Waals surface area contributed by atoms with E-state index in [1.54, 1.807) is 12.5 Å². The van der Waals surface area contributed by atoms with E-state index in [0.29, 0.717) is 24.4 Å². The summed E-state index contributed by atoms with van der Waals surface area (Å²) in [7, 11) is 0. The van der Waals surface area contributed by atoms with Crippen molar-refractivity contribution in [2.24, 2.45) is 23.5 Å². The van der Waals surface area contributed by atoms with Gasteiger partial charge in [-0.25, -0.2) is 4.98 Å². The van der Waals surface area contributed by atoms with E-state index in [0.717, 1.165) is 24.1 Å². The normalized spacial score (nSPS) is 28.5. The Labute approximate surface area is 148 Å². The van der Waals surface area contributed by atoms with Gasteiger partial charge in [-0.1, -0.05) is 18.6 Å². The highest BCUT2D eigenvalue weighted by atomic mass is 16.1. The highest BCUT2D eigenvalue weighted by Gasteiger charge is 2.40. The SMILES string of the molecule is NC1C2CCCC1CC(C(=O)NCc1cccc(-n3ccnc3)c1)C2. The first-order valence-electron chi connectivity index (χ1n) is 9.31. The molecular weight excluding hydrogens is 312 g/mol. The Kier molecular flexibility index (Phi) is 4.57. The lowest BCUT2D eigenvalue weighted by molar-refractivity contribution is -0.128. The molecule has 2 aromatic rings. The minimum absolute atomic E-state index is 0.131. The van der Waals surface area contributed by atoms with Gasteiger partial charge in [0.1, 0.15) is 0 Å². The van der Waals surface area contributed by atoms with Crippen molar-refractivity contribution in [3.63, 3.8) is 0 Å². The summed E-state index contributed by atoms with van der Waals surface area (Å²) in [6, 6.07) is 8.50. The molecule has 0 radical (unpaired) electrons. The van der Waals surface area contributed by atoms with Crippen LogP contribution in [0.25, 0.3) is 5.69 Å². The van der Waals surface area contributed by atoms with Crippen molar-refractivity contribution in [1.82, 2.24) is 14.9 Å². The predicted octanol–water partition coefficient (Wildman–Crippen LogP) is 2.64. The molecule has 2 fully saturated rings. The van der Waals surface area contributed by atoms with Crippen LogP contribution in [0.1, 0.15) is 37.7 Å². The van der Waals surface area contributed by atoms with Gasteiger partial charge in [0.05, 0.1) is 6.33 Å². The smallest absolute Gasteiger partial charge is 0.223 e. The van der Waals surface area contributed by atoms with E-state index >= 15 is 0 Å². The summed E-state index contributed by atoms with van der Waals surface area (Å²) in [5, 5.41) is 3.14. The van der Waals surface area contributed by atoms with Crippen molar-refractivity contribution in [2.75, 3.05) is 0 Å². The monoisotopic (exact) mass is 338 g/mol. The quantitative estimate of drug-likeness (QED) is 0.900. The number of hydrogen-bond donors (Lipinski definition) is 2. The zero-order valence-electron chi connectivity index (χ0n) is 14.5. The maximum absolute atomic E-state index is 12.7. The predicted molar refractivity (Wildman–Crippen MR) is 96.9 cm³/mol. The van der Waals surface area contributed by atoms with Crippen molar-refractivity contribution in [3.8, 4) is 5.69 Å². The van der Waals surface area contributed by atoms with Gasteiger partial charge in [0, 0.05) is 36.6 Å². The molecule has 3 N–H and O–H groups in total. The Morgan fingerprint density at radius 3 is 2.80 bits per heavy atom. The highest BCUT2D eigenvalue weighted by Crippen LogP contribution is 2.41. The van der Waals surface area contributed by atoms with Gasteiger partial charge < -0.3 is 15.6 Å². The van der Waals surface area contributed by atoms with Crippen LogP contribution in [0, 0.1) is 17.8 Å². The van der Waals surface area contributed by atoms with Gasteiger partial charge in [-0.3, -0.25) is 4.79 Å². The molecule has 1 aromatic heterocycles. The molecule has 25 heavy (non-hydrogen) atoms. The number of carbonyl (C=O) groups excluding carboxylic acids is 1. The lowest BCUT2D eigenvalue weighted by Gasteiger charge is -2.43. The van der Waals surface area contributed by atoms with E-state index in [2.05, 4.69) is 16.4 Å². The molecule has 2 atom stereocenters. The first-order valence-corrected chi connectivity index (χ1v) is 9.31. The molecule has 2 saturated carbocycles. The van der Waals surface area contributed by atoms with Gasteiger partial charge in [0.25, 0.3) is 0 Å². The minimum atomic E-state index is 0.131. The number of nitrogens with zero attached hydrogens (tertiary/aromatic N) is 2. The Balaban J connectivity index is 1.37. The van der Waals surface area contributed by atoms with Gasteiger partial charge in [-0.05, 0) is 55.2 Å². The summed E-state index contributed by atoms with van der Waals surface area (Å²) < 4.78 is 1.97. The summed E-state index contributed by atoms with van der Waals surface area (Å²) in [5.74, 6) is 1.39. The molecule has 2 bridgehead atoms. The number of aromatic nitrogens is 2. The number of imidazole rings is 1. The molecule has 5 heteroatoms. The molecule has 0 saturated heterocycles. The zero-order chi connectivity index (χ0) is 17.2. The van der Waals surface area contributed by atoms with Gasteiger partial charge in [-0.15, -0.1) is 0 Å². The van der Waals surface area contributed by atoms with Crippen LogP contribution < -0.4 is 11.1 Å². The average molecular weight is 338 g/mol. The van der Waals surface area contributed by atoms with Crippen LogP contribution >= 0.6 is 0 Å². The zero-order valence-corrected chi connectivity index (χ0v) is 14.5. The van der Waals surface area contributed by atoms with Crippen LogP contribution in [0.5, 0.6) is 0 Å². The summed E-state index contributed by atoms with van der Waals surface area (Å²) in [6.07, 6.45) is 11.0. The Bertz CT molecular complexity index is 713. The standard InChI is InChI=1S/C20H26N4O/c21-19-15-4-2-5-16(19)11-17(10-15)20(25)23-12-14-3-1-6-18(9-14)24-8-7-22-13-24/h1,3,6-9,13,15-17,19H,2,4-5,10-12,21H2,(H,23,25). The Morgan fingerprint density at radius 2 is 2.08 bits per heavy atom. The van der Waals surface area contributed by atoms with Crippen LogP contribution in [0.4, 0.5) is 0 Å². The number of rotatable bonds is 4. The summed E-state index contributed by atoms with van der Waals surface area (Å²) in [4.78, 5) is 16.7. The van der Waals surface area contributed by atoms with Crippen molar-refractivity contribution >= 4 is 5.91 Å². The van der Waals surface area contributed by atoms with E-state index in [-0.39, 0.29) is 11.8 Å². The van der Waals surface area contributed by atoms with Crippen molar-refractivity contribution in [1.29, 1.82) is 0 Å². The third kappa shape index (κ3) is 3.47. The largest absolute Gasteiger partial charge is 0.352 e. The molecule has 2 unspecified atom stereocenters. The van der Waals surface area contributed by atoms with Crippen molar-refractivity contribution < 1.29 is 4.79 Å². The van der Waals surface area contributed by atoms with Crippen LogP contribution in [0.2, 0.25) is 0 Å². The fourth-order valence-electron chi connectivity index (χ4n) is 4.58. The van der Waals surface area contributed by atoms with E-state index in [1.807, 2.05) is 29.0 Å². The number of amides is 1. The molecular formula is C20H26N4O. The summed E-state index contributed by atoms with van der Waals surface area (Å²) >= 11 is 0. The molecule has 132 valence electrons. The number of fused-ring (bicyclic) bond motifs is 2. The lowest BCUT2D eigenvalue weighted by Crippen LogP contribution is -2.49. The maximum atomic E-state index is 12.7. The molecule has 4 rings (SSSR count). The first kappa shape index (κ1) is 16.3. The maximum Gasteiger partial charge on any atom is 0.223 e. The molecule has 5 nitrogen and oxygen atoms in total. The minimum Gasteiger partial charge on any atom is -0.352 e. The number of nitrogens with two attached hydrogens (primary N) is 1. The second kappa shape index (κ2) is 7.00. The molecule has 2 aliphatic rings. The second-order valence-electron chi connectivity index (χ2n) is 7.55. The summed E-state index contributed by atoms with van der Waals surface area (Å²) in [6.45, 7) is 0.569. The van der Waals surface area contributed by atoms with Gasteiger partial charge in [0.15, 0.2) is 0 Å². The van der Waals surface area contributed by atoms with Crippen molar-refractivity contribution in [3.05, 3.63) is 48.5 Å². The van der Waals surface area contributed by atoms with Gasteiger partial charge in [-0.2, -0.15) is 0 Å². The number of nitrogens with one attached hydrogen (secondary N) is 1. The van der Waals surface area contributed by atoms with Gasteiger partial charge >= 0.3 is 0 Å². The molecule has 2 aliphatic carbocycles. The Morgan fingerprint density at radius 1 is 1.28 bits per heavy atom. The molecule has 1 aromatic carbocycles. The number of benzene rings is 1. The average Bonchev–Trinajstić information content (AvgIpc) is 3.14. The van der Waals surface area contributed by atoms with Gasteiger partial charge in [0.2, 0.25) is 5.91 Å². The van der Waals surface area contributed by atoms with E-state index in [9.17, 15) is 4.79 Å². The lowest BCUT2D eigenvalue weighted by atomic mass is 9.65. The Hall–Kier alpha value is -2.14. The van der Waals surface area contributed by atoms with E-state index in [4.69, 9.17) is 5.73 Å². The third-order valence-corrected chi connectivity index (χ3v) is 5.96. The van der Waals surface area contributed by atoms with Crippen LogP contribution in [0.3, 0.4) is 0 Å². The van der Waals surface area contributed by atoms with Crippen LogP contribution in [0.15, 0.2) is 43.0 Å². The molecule has 0 aliphatic heterocycles. The van der Waals surface area contributed by atoms with Crippen LogP contribution in [-0.2, 0) is 11.3 Å². The fourth-order valence-corrected chi connectivity index (χ4v) is 4.58. The highest BCUT2D eigenvalue weighted by molar-refractivity contribution is 5.78. The third-order valence-electron chi connectivity index (χ3n) is 5.96. The topological polar surface area (TPSA) is 72.9 Å². The summed E-state index contributed by atoms with van der Waals surface area (Å²) in [5.41, 5.74) is 8.50. The second-order valence-corrected chi connectivity index (χ2v) is 7.55. The molecule has 0 spiro atoms. The van der Waals surface area contributed by atoms with Crippen molar-refractivity contribution in [2.45, 2.75) is 44.7 Å². The van der Waals surface area contributed by atoms with E-state index < -0.39 is 0 Å².